The van der Waals surface area contributed by atoms with Gasteiger partial charge in [0.15, 0.2) is 0 Å². The van der Waals surface area contributed by atoms with Crippen molar-refractivity contribution in [2.75, 3.05) is 20.6 Å². The largest absolute Gasteiger partial charge is 0.489 e. The average Bonchev–Trinajstić information content (AvgIpc) is 2.70. The number of carbonyl (C=O) groups excluding carboxylic acids is 1. The second-order valence-electron chi connectivity index (χ2n) is 8.68. The monoisotopic (exact) mass is 413 g/mol. The Balaban J connectivity index is 1.95. The van der Waals surface area contributed by atoms with Crippen LogP contribution < -0.4 is 4.74 Å². The molecule has 1 aliphatic carbocycles. The quantitative estimate of drug-likeness (QED) is 0.571. The Kier molecular flexibility index (Phi) is 7.14. The Hall–Kier alpha value is -2.40. The van der Waals surface area contributed by atoms with Crippen molar-refractivity contribution in [1.82, 2.24) is 4.90 Å². The van der Waals surface area contributed by atoms with Crippen LogP contribution >= 0.6 is 0 Å². The van der Waals surface area contributed by atoms with Crippen LogP contribution in [0.4, 0.5) is 4.39 Å². The van der Waals surface area contributed by atoms with Crippen LogP contribution in [0.15, 0.2) is 30.3 Å². The summed E-state index contributed by atoms with van der Waals surface area (Å²) in [5, 5.41) is 0. The molecule has 0 amide bonds. The summed E-state index contributed by atoms with van der Waals surface area (Å²) in [6.07, 6.45) is 1.64. The van der Waals surface area contributed by atoms with E-state index in [1.165, 1.54) is 11.6 Å². The number of aryl methyl sites for hydroxylation is 1. The predicted molar refractivity (Wildman–Crippen MR) is 116 cm³/mol. The van der Waals surface area contributed by atoms with Crippen molar-refractivity contribution in [3.63, 3.8) is 0 Å². The van der Waals surface area contributed by atoms with Crippen LogP contribution in [0.5, 0.6) is 5.75 Å². The van der Waals surface area contributed by atoms with Crippen LogP contribution in [0.2, 0.25) is 0 Å². The lowest BCUT2D eigenvalue weighted by Gasteiger charge is -2.38. The van der Waals surface area contributed by atoms with Gasteiger partial charge in [0.2, 0.25) is 0 Å². The Morgan fingerprint density at radius 1 is 1.27 bits per heavy atom. The predicted octanol–water partition coefficient (Wildman–Crippen LogP) is 5.00. The molecule has 2 aromatic carbocycles. The van der Waals surface area contributed by atoms with E-state index in [1.807, 2.05) is 13.0 Å². The molecule has 0 spiro atoms. The van der Waals surface area contributed by atoms with Gasteiger partial charge in [-0.3, -0.25) is 4.79 Å². The SMILES string of the molecule is Cc1cc(OCc2ccccc2F)c(C)c2c1CCC(C(C)CN(C)C)[C@H]2OC=O. The van der Waals surface area contributed by atoms with Crippen LogP contribution in [0.25, 0.3) is 0 Å². The molecule has 0 radical (unpaired) electrons. The zero-order chi connectivity index (χ0) is 21.8. The van der Waals surface area contributed by atoms with Crippen molar-refractivity contribution in [2.24, 2.45) is 11.8 Å². The zero-order valence-corrected chi connectivity index (χ0v) is 18.6. The highest BCUT2D eigenvalue weighted by Crippen LogP contribution is 2.45. The van der Waals surface area contributed by atoms with Gasteiger partial charge >= 0.3 is 0 Å². The van der Waals surface area contributed by atoms with E-state index in [1.54, 1.807) is 18.2 Å². The van der Waals surface area contributed by atoms with E-state index in [0.717, 1.165) is 41.8 Å². The van der Waals surface area contributed by atoms with Gasteiger partial charge < -0.3 is 14.4 Å². The molecule has 0 N–H and O–H groups in total. The minimum Gasteiger partial charge on any atom is -0.489 e. The molecule has 5 heteroatoms. The Morgan fingerprint density at radius 2 is 2.00 bits per heavy atom. The van der Waals surface area contributed by atoms with E-state index in [-0.39, 0.29) is 24.4 Å². The second kappa shape index (κ2) is 9.61. The first kappa shape index (κ1) is 22.3. The van der Waals surface area contributed by atoms with E-state index in [0.29, 0.717) is 18.0 Å². The van der Waals surface area contributed by atoms with Crippen molar-refractivity contribution in [2.45, 2.75) is 46.3 Å². The minimum atomic E-state index is -0.295. The summed E-state index contributed by atoms with van der Waals surface area (Å²) >= 11 is 0. The van der Waals surface area contributed by atoms with Gasteiger partial charge in [0.05, 0.1) is 0 Å². The fraction of sp³-hybridized carbons (Fsp3) is 0.480. The highest BCUT2D eigenvalue weighted by molar-refractivity contribution is 5.52. The van der Waals surface area contributed by atoms with Crippen molar-refractivity contribution in [3.05, 3.63) is 64.0 Å². The molecular formula is C25H32FNO3. The van der Waals surface area contributed by atoms with Crippen molar-refractivity contribution < 1.29 is 18.7 Å². The molecule has 0 bridgehead atoms. The average molecular weight is 414 g/mol. The molecule has 30 heavy (non-hydrogen) atoms. The summed E-state index contributed by atoms with van der Waals surface area (Å²) in [6.45, 7) is 7.95. The molecule has 162 valence electrons. The standard InChI is InChI=1S/C25H32FNO3/c1-16-12-23(29-14-19-8-6-7-9-22(19)26)18(3)24-20(16)10-11-21(25(24)30-15-28)17(2)13-27(4)5/h6-9,12,15,17,21,25H,10-11,13-14H2,1-5H3/t17?,21?,25-/m1/s1. The molecule has 2 aromatic rings. The van der Waals surface area contributed by atoms with E-state index in [9.17, 15) is 9.18 Å². The molecule has 2 unspecified atom stereocenters. The maximum Gasteiger partial charge on any atom is 0.293 e. The Labute approximate surface area is 179 Å². The Bertz CT molecular complexity index is 896. The normalized spacial score (nSPS) is 19.3. The summed E-state index contributed by atoms with van der Waals surface area (Å²) in [6, 6.07) is 8.67. The third-order valence-electron chi connectivity index (χ3n) is 6.25. The fourth-order valence-corrected chi connectivity index (χ4v) is 4.80. The zero-order valence-electron chi connectivity index (χ0n) is 18.6. The lowest BCUT2D eigenvalue weighted by atomic mass is 9.72. The van der Waals surface area contributed by atoms with Crippen molar-refractivity contribution >= 4 is 6.47 Å². The maximum atomic E-state index is 14.0. The Morgan fingerprint density at radius 3 is 2.67 bits per heavy atom. The molecule has 0 saturated heterocycles. The van der Waals surface area contributed by atoms with Crippen LogP contribution in [0.1, 0.15) is 47.3 Å². The minimum absolute atomic E-state index is 0.158. The molecule has 3 rings (SSSR count). The number of ether oxygens (including phenoxy) is 2. The first-order valence-electron chi connectivity index (χ1n) is 10.6. The number of hydrogen-bond donors (Lipinski definition) is 0. The first-order valence-corrected chi connectivity index (χ1v) is 10.6. The molecule has 0 heterocycles. The van der Waals surface area contributed by atoms with Gasteiger partial charge in [-0.2, -0.15) is 0 Å². The molecule has 3 atom stereocenters. The highest BCUT2D eigenvalue weighted by atomic mass is 19.1. The molecule has 0 aromatic heterocycles. The van der Waals surface area contributed by atoms with Crippen LogP contribution in [0, 0.1) is 31.5 Å². The molecule has 0 saturated carbocycles. The molecule has 1 aliphatic rings. The maximum absolute atomic E-state index is 14.0. The van der Waals surface area contributed by atoms with Crippen molar-refractivity contribution in [1.29, 1.82) is 0 Å². The van der Waals surface area contributed by atoms with Gasteiger partial charge in [-0.25, -0.2) is 4.39 Å². The van der Waals surface area contributed by atoms with Gasteiger partial charge in [0.1, 0.15) is 24.3 Å². The van der Waals surface area contributed by atoms with Crippen LogP contribution in [-0.2, 0) is 22.6 Å². The summed E-state index contributed by atoms with van der Waals surface area (Å²) < 4.78 is 25.7. The number of carbonyl (C=O) groups is 1. The first-order chi connectivity index (χ1) is 14.3. The number of nitrogens with zero attached hydrogens (tertiary/aromatic N) is 1. The molecular weight excluding hydrogens is 381 g/mol. The smallest absolute Gasteiger partial charge is 0.293 e. The van der Waals surface area contributed by atoms with Crippen molar-refractivity contribution in [3.8, 4) is 5.75 Å². The van der Waals surface area contributed by atoms with E-state index in [4.69, 9.17) is 9.47 Å². The fourth-order valence-electron chi connectivity index (χ4n) is 4.80. The lowest BCUT2D eigenvalue weighted by molar-refractivity contribution is -0.138. The number of halogens is 1. The third-order valence-corrected chi connectivity index (χ3v) is 6.25. The van der Waals surface area contributed by atoms with E-state index < -0.39 is 0 Å². The number of benzene rings is 2. The lowest BCUT2D eigenvalue weighted by Crippen LogP contribution is -2.34. The van der Waals surface area contributed by atoms with Gasteiger partial charge in [0, 0.05) is 23.6 Å². The van der Waals surface area contributed by atoms with Gasteiger partial charge in [-0.15, -0.1) is 0 Å². The summed E-state index contributed by atoms with van der Waals surface area (Å²) in [7, 11) is 4.12. The summed E-state index contributed by atoms with van der Waals surface area (Å²) in [5.41, 5.74) is 4.92. The molecule has 4 nitrogen and oxygen atoms in total. The number of hydrogen-bond acceptors (Lipinski definition) is 4. The van der Waals surface area contributed by atoms with Gasteiger partial charge in [-0.1, -0.05) is 25.1 Å². The number of rotatable bonds is 8. The third kappa shape index (κ3) is 4.67. The van der Waals surface area contributed by atoms with Gasteiger partial charge in [-0.05, 0) is 75.5 Å². The second-order valence-corrected chi connectivity index (χ2v) is 8.68. The molecule has 0 fully saturated rings. The van der Waals surface area contributed by atoms with Gasteiger partial charge in [0.25, 0.3) is 6.47 Å². The highest BCUT2D eigenvalue weighted by Gasteiger charge is 2.37. The topological polar surface area (TPSA) is 38.8 Å². The molecule has 0 aliphatic heterocycles. The van der Waals surface area contributed by atoms with Crippen LogP contribution in [-0.4, -0.2) is 32.0 Å². The summed E-state index contributed by atoms with van der Waals surface area (Å²) in [5.74, 6) is 1.06. The number of fused-ring (bicyclic) bond motifs is 1. The van der Waals surface area contributed by atoms with E-state index in [2.05, 4.69) is 32.8 Å². The summed E-state index contributed by atoms with van der Waals surface area (Å²) in [4.78, 5) is 13.6. The van der Waals surface area contributed by atoms with E-state index >= 15 is 0 Å². The van der Waals surface area contributed by atoms with Crippen LogP contribution in [0.3, 0.4) is 0 Å².